The number of ether oxygens (including phenoxy) is 2. The third-order valence-corrected chi connectivity index (χ3v) is 2.37. The van der Waals surface area contributed by atoms with Crippen LogP contribution < -0.4 is 15.2 Å². The first-order chi connectivity index (χ1) is 9.15. The highest BCUT2D eigenvalue weighted by molar-refractivity contribution is 5.43. The summed E-state index contributed by atoms with van der Waals surface area (Å²) in [5.41, 5.74) is 6.21. The van der Waals surface area contributed by atoms with Gasteiger partial charge < -0.3 is 15.2 Å². The molecule has 0 aliphatic carbocycles. The van der Waals surface area contributed by atoms with Crippen LogP contribution >= 0.6 is 0 Å². The van der Waals surface area contributed by atoms with E-state index in [0.717, 1.165) is 12.1 Å². The van der Waals surface area contributed by atoms with Crippen molar-refractivity contribution >= 4 is 5.69 Å². The van der Waals surface area contributed by atoms with E-state index >= 15 is 0 Å². The summed E-state index contributed by atoms with van der Waals surface area (Å²) in [5, 5.41) is 0. The van der Waals surface area contributed by atoms with E-state index < -0.39 is 11.6 Å². The fourth-order valence-corrected chi connectivity index (χ4v) is 1.49. The third-order valence-electron chi connectivity index (χ3n) is 2.37. The molecule has 0 aliphatic heterocycles. The zero-order valence-corrected chi connectivity index (χ0v) is 10.1. The van der Waals surface area contributed by atoms with Gasteiger partial charge in [0.05, 0.1) is 0 Å². The van der Waals surface area contributed by atoms with Crippen molar-refractivity contribution in [2.24, 2.45) is 0 Å². The fourth-order valence-electron chi connectivity index (χ4n) is 1.49. The fraction of sp³-hybridized carbons (Fsp3) is 0.143. The molecule has 0 bridgehead atoms. The molecule has 2 rings (SSSR count). The molecule has 100 valence electrons. The molecule has 2 aromatic rings. The van der Waals surface area contributed by atoms with Crippen LogP contribution in [0, 0.1) is 11.6 Å². The Labute approximate surface area is 109 Å². The molecule has 5 heteroatoms. The highest BCUT2D eigenvalue weighted by Gasteiger charge is 2.03. The van der Waals surface area contributed by atoms with Gasteiger partial charge in [-0.1, -0.05) is 6.07 Å². The topological polar surface area (TPSA) is 44.5 Å². The summed E-state index contributed by atoms with van der Waals surface area (Å²) >= 11 is 0. The van der Waals surface area contributed by atoms with E-state index in [-0.39, 0.29) is 19.0 Å². The lowest BCUT2D eigenvalue weighted by molar-refractivity contribution is 0.216. The highest BCUT2D eigenvalue weighted by atomic mass is 19.2. The lowest BCUT2D eigenvalue weighted by atomic mass is 10.3. The van der Waals surface area contributed by atoms with Gasteiger partial charge in [0.25, 0.3) is 0 Å². The van der Waals surface area contributed by atoms with Crippen LogP contribution in [0.25, 0.3) is 0 Å². The third kappa shape index (κ3) is 3.84. The SMILES string of the molecule is Nc1cccc(OCCOc2ccc(F)c(F)c2)c1. The lowest BCUT2D eigenvalue weighted by Gasteiger charge is -2.08. The van der Waals surface area contributed by atoms with Gasteiger partial charge in [0.15, 0.2) is 11.6 Å². The predicted octanol–water partition coefficient (Wildman–Crippen LogP) is 3.00. The molecule has 0 saturated heterocycles. The first-order valence-electron chi connectivity index (χ1n) is 5.71. The first kappa shape index (κ1) is 13.1. The molecule has 0 heterocycles. The molecule has 0 amide bonds. The van der Waals surface area contributed by atoms with Crippen LogP contribution in [0.2, 0.25) is 0 Å². The van der Waals surface area contributed by atoms with Gasteiger partial charge in [-0.2, -0.15) is 0 Å². The van der Waals surface area contributed by atoms with E-state index in [4.69, 9.17) is 15.2 Å². The van der Waals surface area contributed by atoms with Gasteiger partial charge in [0.1, 0.15) is 24.7 Å². The molecule has 0 spiro atoms. The average Bonchev–Trinajstić information content (AvgIpc) is 2.39. The normalized spacial score (nSPS) is 10.2. The maximum absolute atomic E-state index is 12.9. The molecule has 0 aromatic heterocycles. The number of nitrogen functional groups attached to an aromatic ring is 1. The molecule has 0 saturated carbocycles. The van der Waals surface area contributed by atoms with Crippen molar-refractivity contribution in [2.75, 3.05) is 18.9 Å². The van der Waals surface area contributed by atoms with Crippen molar-refractivity contribution in [1.82, 2.24) is 0 Å². The van der Waals surface area contributed by atoms with Crippen LogP contribution in [-0.4, -0.2) is 13.2 Å². The predicted molar refractivity (Wildman–Crippen MR) is 68.2 cm³/mol. The molecular weight excluding hydrogens is 252 g/mol. The van der Waals surface area contributed by atoms with E-state index in [2.05, 4.69) is 0 Å². The van der Waals surface area contributed by atoms with Crippen LogP contribution in [-0.2, 0) is 0 Å². The van der Waals surface area contributed by atoms with E-state index in [0.29, 0.717) is 11.4 Å². The molecule has 0 unspecified atom stereocenters. The van der Waals surface area contributed by atoms with Crippen molar-refractivity contribution in [1.29, 1.82) is 0 Å². The molecule has 0 fully saturated rings. The van der Waals surface area contributed by atoms with Crippen molar-refractivity contribution in [3.05, 3.63) is 54.1 Å². The first-order valence-corrected chi connectivity index (χ1v) is 5.71. The van der Waals surface area contributed by atoms with Gasteiger partial charge in [0.2, 0.25) is 0 Å². The summed E-state index contributed by atoms with van der Waals surface area (Å²) in [4.78, 5) is 0. The second-order valence-electron chi connectivity index (χ2n) is 3.85. The molecule has 2 aromatic carbocycles. The monoisotopic (exact) mass is 265 g/mol. The average molecular weight is 265 g/mol. The van der Waals surface area contributed by atoms with Crippen LogP contribution in [0.3, 0.4) is 0 Å². The van der Waals surface area contributed by atoms with E-state index in [1.165, 1.54) is 6.07 Å². The van der Waals surface area contributed by atoms with Gasteiger partial charge >= 0.3 is 0 Å². The smallest absolute Gasteiger partial charge is 0.162 e. The van der Waals surface area contributed by atoms with Gasteiger partial charge in [-0.25, -0.2) is 8.78 Å². The van der Waals surface area contributed by atoms with Crippen LogP contribution in [0.15, 0.2) is 42.5 Å². The zero-order valence-electron chi connectivity index (χ0n) is 10.1. The Kier molecular flexibility index (Phi) is 4.18. The highest BCUT2D eigenvalue weighted by Crippen LogP contribution is 2.16. The zero-order chi connectivity index (χ0) is 13.7. The molecular formula is C14H13F2NO2. The minimum atomic E-state index is -0.936. The number of nitrogens with two attached hydrogens (primary N) is 1. The Bertz CT molecular complexity index is 561. The Morgan fingerprint density at radius 2 is 1.53 bits per heavy atom. The number of rotatable bonds is 5. The largest absolute Gasteiger partial charge is 0.490 e. The quantitative estimate of drug-likeness (QED) is 0.667. The Hall–Kier alpha value is -2.30. The number of hydrogen-bond acceptors (Lipinski definition) is 3. The Morgan fingerprint density at radius 1 is 0.842 bits per heavy atom. The van der Waals surface area contributed by atoms with Gasteiger partial charge in [-0.05, 0) is 24.3 Å². The maximum Gasteiger partial charge on any atom is 0.162 e. The summed E-state index contributed by atoms with van der Waals surface area (Å²) in [6.45, 7) is 0.502. The van der Waals surface area contributed by atoms with Crippen LogP contribution in [0.4, 0.5) is 14.5 Å². The second-order valence-corrected chi connectivity index (χ2v) is 3.85. The van der Waals surface area contributed by atoms with Crippen LogP contribution in [0.5, 0.6) is 11.5 Å². The van der Waals surface area contributed by atoms with Crippen molar-refractivity contribution < 1.29 is 18.3 Å². The standard InChI is InChI=1S/C14H13F2NO2/c15-13-5-4-12(9-14(13)16)19-7-6-18-11-3-1-2-10(17)8-11/h1-5,8-9H,6-7,17H2. The van der Waals surface area contributed by atoms with Gasteiger partial charge in [-0.15, -0.1) is 0 Å². The van der Waals surface area contributed by atoms with Gasteiger partial charge in [-0.3, -0.25) is 0 Å². The van der Waals surface area contributed by atoms with Crippen LogP contribution in [0.1, 0.15) is 0 Å². The van der Waals surface area contributed by atoms with Gasteiger partial charge in [0, 0.05) is 17.8 Å². The molecule has 0 aliphatic rings. The van der Waals surface area contributed by atoms with Crippen molar-refractivity contribution in [2.45, 2.75) is 0 Å². The summed E-state index contributed by atoms with van der Waals surface area (Å²) < 4.78 is 36.2. The van der Waals surface area contributed by atoms with E-state index in [1.54, 1.807) is 24.3 Å². The minimum absolute atomic E-state index is 0.222. The molecule has 19 heavy (non-hydrogen) atoms. The molecule has 0 atom stereocenters. The molecule has 3 nitrogen and oxygen atoms in total. The van der Waals surface area contributed by atoms with Crippen molar-refractivity contribution in [3.63, 3.8) is 0 Å². The number of benzene rings is 2. The molecule has 2 N–H and O–H groups in total. The Balaban J connectivity index is 1.79. The number of halogens is 2. The minimum Gasteiger partial charge on any atom is -0.490 e. The summed E-state index contributed by atoms with van der Waals surface area (Å²) in [7, 11) is 0. The summed E-state index contributed by atoms with van der Waals surface area (Å²) in [6, 6.07) is 10.4. The molecule has 0 radical (unpaired) electrons. The summed E-state index contributed by atoms with van der Waals surface area (Å²) in [5.74, 6) is -0.943. The maximum atomic E-state index is 12.9. The number of anilines is 1. The lowest BCUT2D eigenvalue weighted by Crippen LogP contribution is -2.09. The second kappa shape index (κ2) is 6.04. The van der Waals surface area contributed by atoms with E-state index in [9.17, 15) is 8.78 Å². The Morgan fingerprint density at radius 3 is 2.16 bits per heavy atom. The van der Waals surface area contributed by atoms with E-state index in [1.807, 2.05) is 0 Å². The summed E-state index contributed by atoms with van der Waals surface area (Å²) in [6.07, 6.45) is 0. The number of hydrogen-bond donors (Lipinski definition) is 1. The van der Waals surface area contributed by atoms with Crippen molar-refractivity contribution in [3.8, 4) is 11.5 Å².